The molecule has 1 heterocycles. The van der Waals surface area contributed by atoms with Crippen LogP contribution in [0.15, 0.2) is 31.0 Å². The summed E-state index contributed by atoms with van der Waals surface area (Å²) in [7, 11) is 0. The third-order valence-electron chi connectivity index (χ3n) is 1.08. The fourth-order valence-corrected chi connectivity index (χ4v) is 2.38. The van der Waals surface area contributed by atoms with Crippen molar-refractivity contribution >= 4 is 31.0 Å². The van der Waals surface area contributed by atoms with Crippen molar-refractivity contribution in [2.45, 2.75) is 5.32 Å². The Morgan fingerprint density at radius 1 is 1.73 bits per heavy atom. The van der Waals surface area contributed by atoms with E-state index in [9.17, 15) is 0 Å². The molecular weight excluding hydrogens is 225 g/mol. The number of nitrogens with zero attached hydrogens (tertiary/aromatic N) is 1. The molecule has 0 saturated heterocycles. The van der Waals surface area contributed by atoms with Gasteiger partial charge in [0.1, 0.15) is 0 Å². The van der Waals surface area contributed by atoms with E-state index in [4.69, 9.17) is 11.6 Å². The molecule has 0 unspecified atom stereocenters. The van der Waals surface area contributed by atoms with Gasteiger partial charge in [0, 0.05) is 0 Å². The first-order valence-corrected chi connectivity index (χ1v) is 5.63. The van der Waals surface area contributed by atoms with Crippen molar-refractivity contribution in [3.8, 4) is 0 Å². The van der Waals surface area contributed by atoms with E-state index < -0.39 is 0 Å². The minimum atomic E-state index is 0.396. The molecule has 1 aromatic rings. The molecular formula is C8H8ClNSe. The fourth-order valence-electron chi connectivity index (χ4n) is 0.628. The fraction of sp³-hybridized carbons (Fsp3) is 0.125. The molecule has 58 valence electrons. The van der Waals surface area contributed by atoms with E-state index >= 15 is 0 Å². The summed E-state index contributed by atoms with van der Waals surface area (Å²) in [4.78, 5) is 3.98. The van der Waals surface area contributed by atoms with Crippen LogP contribution in [0.25, 0.3) is 0 Å². The topological polar surface area (TPSA) is 12.9 Å². The van der Waals surface area contributed by atoms with Gasteiger partial charge in [0.15, 0.2) is 0 Å². The van der Waals surface area contributed by atoms with Gasteiger partial charge in [-0.2, -0.15) is 0 Å². The van der Waals surface area contributed by atoms with Crippen LogP contribution < -0.4 is 4.46 Å². The monoisotopic (exact) mass is 233 g/mol. The number of pyridine rings is 1. The second-order valence-corrected chi connectivity index (χ2v) is 4.48. The zero-order valence-corrected chi connectivity index (χ0v) is 8.43. The Balaban J connectivity index is 2.69. The Kier molecular flexibility index (Phi) is 3.64. The zero-order chi connectivity index (χ0) is 8.10. The van der Waals surface area contributed by atoms with E-state index in [0.717, 1.165) is 9.78 Å². The Bertz CT molecular complexity index is 250. The van der Waals surface area contributed by atoms with E-state index in [2.05, 4.69) is 11.6 Å². The summed E-state index contributed by atoms with van der Waals surface area (Å²) in [6, 6.07) is 3.92. The van der Waals surface area contributed by atoms with Crippen LogP contribution in [-0.4, -0.2) is 19.9 Å². The number of aromatic nitrogens is 1. The van der Waals surface area contributed by atoms with Crippen molar-refractivity contribution in [2.75, 3.05) is 0 Å². The van der Waals surface area contributed by atoms with Crippen LogP contribution in [0.4, 0.5) is 0 Å². The normalized spacial score (nSPS) is 9.55. The predicted octanol–water partition coefficient (Wildman–Crippen LogP) is 1.67. The molecule has 1 nitrogen and oxygen atoms in total. The summed E-state index contributed by atoms with van der Waals surface area (Å²) in [5, 5.41) is 1.65. The Morgan fingerprint density at radius 3 is 3.18 bits per heavy atom. The van der Waals surface area contributed by atoms with Gasteiger partial charge in [-0.1, -0.05) is 0 Å². The summed E-state index contributed by atoms with van der Waals surface area (Å²) in [6.07, 6.45) is 3.61. The molecule has 0 aliphatic heterocycles. The molecule has 0 amide bonds. The van der Waals surface area contributed by atoms with E-state index in [1.807, 2.05) is 18.2 Å². The van der Waals surface area contributed by atoms with Crippen molar-refractivity contribution in [3.05, 3.63) is 36.1 Å². The summed E-state index contributed by atoms with van der Waals surface area (Å²) < 4.78 is 1.15. The number of allylic oxidation sites excluding steroid dienone is 1. The van der Waals surface area contributed by atoms with Crippen LogP contribution in [-0.2, 0) is 0 Å². The number of hydrogen-bond donors (Lipinski definition) is 0. The Hall–Kier alpha value is -0.301. The minimum absolute atomic E-state index is 0.396. The number of rotatable bonds is 3. The molecule has 1 aromatic heterocycles. The molecule has 0 aromatic carbocycles. The van der Waals surface area contributed by atoms with Crippen LogP contribution in [0, 0.1) is 0 Å². The van der Waals surface area contributed by atoms with Crippen LogP contribution in [0.2, 0.25) is 10.5 Å². The van der Waals surface area contributed by atoms with Gasteiger partial charge in [0.2, 0.25) is 0 Å². The van der Waals surface area contributed by atoms with Crippen molar-refractivity contribution < 1.29 is 0 Å². The molecule has 0 aliphatic rings. The molecule has 0 aliphatic carbocycles. The molecule has 0 saturated carbocycles. The summed E-state index contributed by atoms with van der Waals surface area (Å²) in [6.45, 7) is 3.66. The first-order valence-electron chi connectivity index (χ1n) is 3.19. The van der Waals surface area contributed by atoms with Gasteiger partial charge < -0.3 is 0 Å². The second-order valence-electron chi connectivity index (χ2n) is 1.89. The molecule has 1 rings (SSSR count). The van der Waals surface area contributed by atoms with Crippen molar-refractivity contribution in [3.63, 3.8) is 0 Å². The molecule has 0 N–H and O–H groups in total. The van der Waals surface area contributed by atoms with Crippen LogP contribution >= 0.6 is 11.6 Å². The Morgan fingerprint density at radius 2 is 2.55 bits per heavy atom. The van der Waals surface area contributed by atoms with E-state index in [0.29, 0.717) is 20.1 Å². The van der Waals surface area contributed by atoms with E-state index in [1.165, 1.54) is 0 Å². The molecule has 0 bridgehead atoms. The van der Waals surface area contributed by atoms with Crippen molar-refractivity contribution in [1.82, 2.24) is 4.98 Å². The van der Waals surface area contributed by atoms with Crippen LogP contribution in [0.1, 0.15) is 0 Å². The Labute approximate surface area is 77.6 Å². The number of halogens is 1. The van der Waals surface area contributed by atoms with Crippen molar-refractivity contribution in [2.24, 2.45) is 0 Å². The first-order chi connectivity index (χ1) is 5.34. The van der Waals surface area contributed by atoms with Gasteiger partial charge in [-0.25, -0.2) is 0 Å². The van der Waals surface area contributed by atoms with Crippen LogP contribution in [0.3, 0.4) is 0 Å². The molecule has 11 heavy (non-hydrogen) atoms. The SMILES string of the molecule is C=CC[Se]c1cccnc1Cl. The second kappa shape index (κ2) is 4.55. The third kappa shape index (κ3) is 2.66. The van der Waals surface area contributed by atoms with E-state index in [1.54, 1.807) is 6.20 Å². The summed E-state index contributed by atoms with van der Waals surface area (Å²) in [5.41, 5.74) is 0. The van der Waals surface area contributed by atoms with Crippen LogP contribution in [0.5, 0.6) is 0 Å². The average Bonchev–Trinajstić information content (AvgIpc) is 2.03. The first kappa shape index (κ1) is 8.79. The third-order valence-corrected chi connectivity index (χ3v) is 3.82. The molecule has 3 heteroatoms. The molecule has 0 spiro atoms. The van der Waals surface area contributed by atoms with Gasteiger partial charge in [-0.15, -0.1) is 0 Å². The standard InChI is InChI=1S/C8H8ClNSe/c1-2-6-11-7-4-3-5-10-8(7)9/h2-5H,1,6H2. The van der Waals surface area contributed by atoms with Gasteiger partial charge in [-0.05, 0) is 0 Å². The zero-order valence-electron chi connectivity index (χ0n) is 5.96. The maximum atomic E-state index is 5.83. The predicted molar refractivity (Wildman–Crippen MR) is 49.6 cm³/mol. The molecule has 0 radical (unpaired) electrons. The van der Waals surface area contributed by atoms with Gasteiger partial charge in [-0.3, -0.25) is 0 Å². The van der Waals surface area contributed by atoms with Crippen molar-refractivity contribution in [1.29, 1.82) is 0 Å². The average molecular weight is 233 g/mol. The maximum absolute atomic E-state index is 5.83. The van der Waals surface area contributed by atoms with Gasteiger partial charge >= 0.3 is 77.5 Å². The molecule has 0 atom stereocenters. The van der Waals surface area contributed by atoms with Gasteiger partial charge in [0.25, 0.3) is 0 Å². The van der Waals surface area contributed by atoms with E-state index in [-0.39, 0.29) is 0 Å². The summed E-state index contributed by atoms with van der Waals surface area (Å²) >= 11 is 6.23. The quantitative estimate of drug-likeness (QED) is 0.439. The number of hydrogen-bond acceptors (Lipinski definition) is 1. The van der Waals surface area contributed by atoms with Gasteiger partial charge in [0.05, 0.1) is 0 Å². The summed E-state index contributed by atoms with van der Waals surface area (Å²) in [5.74, 6) is 0. The molecule has 0 fully saturated rings.